The van der Waals surface area contributed by atoms with E-state index in [-0.39, 0.29) is 29.2 Å². The van der Waals surface area contributed by atoms with Gasteiger partial charge in [0.1, 0.15) is 0 Å². The van der Waals surface area contributed by atoms with Gasteiger partial charge in [0.15, 0.2) is 0 Å². The van der Waals surface area contributed by atoms with Crippen LogP contribution in [0.25, 0.3) is 16.7 Å². The van der Waals surface area contributed by atoms with Crippen molar-refractivity contribution < 1.29 is 23.2 Å². The maximum Gasteiger partial charge on any atom is 0.275 e. The van der Waals surface area contributed by atoms with E-state index in [4.69, 9.17) is 0 Å². The molecule has 0 radical (unpaired) electrons. The van der Waals surface area contributed by atoms with Crippen LogP contribution >= 0.6 is 0 Å². The quantitative estimate of drug-likeness (QED) is 0.261. The molecule has 1 N–H and O–H groups in total. The third-order valence-corrected chi connectivity index (χ3v) is 8.50. The van der Waals surface area contributed by atoms with Crippen molar-refractivity contribution in [2.45, 2.75) is 12.3 Å². The second kappa shape index (κ2) is 13.1. The predicted molar refractivity (Wildman–Crippen MR) is 176 cm³/mol. The second-order valence-electron chi connectivity index (χ2n) is 11.6. The topological polar surface area (TPSA) is 73.0 Å². The number of alkyl halides is 2. The molecule has 2 aliphatic rings. The van der Waals surface area contributed by atoms with E-state index in [2.05, 4.69) is 10.2 Å². The Morgan fingerprint density at radius 2 is 1.37 bits per heavy atom. The number of halogens is 2. The third kappa shape index (κ3) is 6.46. The lowest BCUT2D eigenvalue weighted by Gasteiger charge is -2.32. The summed E-state index contributed by atoms with van der Waals surface area (Å²) >= 11 is 0. The number of hydrogen-bond acceptors (Lipinski definition) is 4. The first kappa shape index (κ1) is 30.9. The van der Waals surface area contributed by atoms with E-state index in [1.165, 1.54) is 11.0 Å². The molecule has 0 atom stereocenters. The van der Waals surface area contributed by atoms with Gasteiger partial charge in [-0.05, 0) is 54.6 Å². The summed E-state index contributed by atoms with van der Waals surface area (Å²) in [6, 6.07) is 29.8. The molecule has 3 amide bonds. The normalized spacial score (nSPS) is 17.2. The Bertz CT molecular complexity index is 1780. The summed E-state index contributed by atoms with van der Waals surface area (Å²) in [4.78, 5) is 45.1. The van der Waals surface area contributed by atoms with Gasteiger partial charge in [-0.2, -0.15) is 0 Å². The highest BCUT2D eigenvalue weighted by molar-refractivity contribution is 6.11. The van der Waals surface area contributed by atoms with Crippen LogP contribution in [-0.4, -0.2) is 73.2 Å². The van der Waals surface area contributed by atoms with Crippen molar-refractivity contribution in [1.29, 1.82) is 0 Å². The monoisotopic (exact) mass is 620 g/mol. The summed E-state index contributed by atoms with van der Waals surface area (Å²) in [7, 11) is 1.96. The van der Waals surface area contributed by atoms with E-state index in [9.17, 15) is 14.4 Å². The minimum atomic E-state index is -3.32. The molecule has 234 valence electrons. The number of carbonyl (C=O) groups excluding carboxylic acids is 3. The number of fused-ring (bicyclic) bond motifs is 1. The van der Waals surface area contributed by atoms with E-state index < -0.39 is 24.2 Å². The number of allylic oxidation sites excluding steroid dienone is 1. The van der Waals surface area contributed by atoms with Crippen molar-refractivity contribution in [3.63, 3.8) is 0 Å². The maximum absolute atomic E-state index is 15.7. The standard InChI is InChI=1S/C37H34F2N4O3/c1-41-21-23-42(24-22-41)34(44)25-32-31-13-7-8-14-33(31)43(20-19-37(32,38)39)36(46)27-15-17-28(18-16-27)40-35(45)30-12-6-5-11-29(30)26-9-3-2-4-10-26/h2-18,25H,19-24H2,1H3,(H,40,45). The summed E-state index contributed by atoms with van der Waals surface area (Å²) in [6.07, 6.45) is 0.412. The zero-order valence-electron chi connectivity index (χ0n) is 25.5. The molecule has 0 aromatic heterocycles. The first-order valence-corrected chi connectivity index (χ1v) is 15.3. The average Bonchev–Trinajstić information content (AvgIpc) is 3.18. The molecular weight excluding hydrogens is 586 g/mol. The van der Waals surface area contributed by atoms with Crippen LogP contribution in [0, 0.1) is 0 Å². The van der Waals surface area contributed by atoms with Crippen LogP contribution in [0.15, 0.2) is 109 Å². The number of nitrogens with one attached hydrogen (secondary N) is 1. The van der Waals surface area contributed by atoms with Crippen LogP contribution in [0.1, 0.15) is 32.7 Å². The second-order valence-corrected chi connectivity index (χ2v) is 11.6. The van der Waals surface area contributed by atoms with Crippen molar-refractivity contribution in [2.24, 2.45) is 0 Å². The number of hydrogen-bond donors (Lipinski definition) is 1. The Hall–Kier alpha value is -5.15. The van der Waals surface area contributed by atoms with Gasteiger partial charge in [0.25, 0.3) is 17.7 Å². The van der Waals surface area contributed by atoms with E-state index in [0.717, 1.165) is 17.2 Å². The highest BCUT2D eigenvalue weighted by atomic mass is 19.3. The lowest BCUT2D eigenvalue weighted by atomic mass is 9.96. The predicted octanol–water partition coefficient (Wildman–Crippen LogP) is 6.45. The summed E-state index contributed by atoms with van der Waals surface area (Å²) in [5.74, 6) is -4.53. The Kier molecular flexibility index (Phi) is 8.76. The Balaban J connectivity index is 1.23. The fourth-order valence-electron chi connectivity index (χ4n) is 5.88. The first-order valence-electron chi connectivity index (χ1n) is 15.3. The lowest BCUT2D eigenvalue weighted by Crippen LogP contribution is -2.46. The Morgan fingerprint density at radius 3 is 2.09 bits per heavy atom. The smallest absolute Gasteiger partial charge is 0.275 e. The molecule has 0 unspecified atom stereocenters. The summed E-state index contributed by atoms with van der Waals surface area (Å²) in [5, 5.41) is 2.89. The number of benzene rings is 4. The number of amides is 3. The molecule has 4 aromatic rings. The van der Waals surface area contributed by atoms with Crippen LogP contribution in [-0.2, 0) is 4.79 Å². The van der Waals surface area contributed by atoms with Gasteiger partial charge in [-0.15, -0.1) is 0 Å². The number of piperazine rings is 1. The molecule has 1 saturated heterocycles. The lowest BCUT2D eigenvalue weighted by molar-refractivity contribution is -0.127. The molecule has 0 aliphatic carbocycles. The van der Waals surface area contributed by atoms with E-state index in [1.807, 2.05) is 49.5 Å². The highest BCUT2D eigenvalue weighted by Crippen LogP contribution is 2.43. The van der Waals surface area contributed by atoms with Gasteiger partial charge in [0.2, 0.25) is 5.91 Å². The van der Waals surface area contributed by atoms with Gasteiger partial charge in [0, 0.05) is 73.2 Å². The van der Waals surface area contributed by atoms with Crippen molar-refractivity contribution in [3.8, 4) is 11.1 Å². The van der Waals surface area contributed by atoms with Gasteiger partial charge < -0.3 is 20.0 Å². The minimum Gasteiger partial charge on any atom is -0.337 e. The first-order chi connectivity index (χ1) is 22.2. The summed E-state index contributed by atoms with van der Waals surface area (Å²) in [5.41, 5.74) is 3.07. The van der Waals surface area contributed by atoms with Gasteiger partial charge >= 0.3 is 0 Å². The van der Waals surface area contributed by atoms with Gasteiger partial charge in [-0.1, -0.05) is 66.7 Å². The zero-order valence-corrected chi connectivity index (χ0v) is 25.5. The molecule has 2 heterocycles. The van der Waals surface area contributed by atoms with Crippen LogP contribution in [0.2, 0.25) is 0 Å². The molecule has 0 saturated carbocycles. The molecule has 0 spiro atoms. The largest absolute Gasteiger partial charge is 0.337 e. The van der Waals surface area contributed by atoms with Gasteiger partial charge in [-0.3, -0.25) is 14.4 Å². The Labute approximate surface area is 266 Å². The number of carbonyl (C=O) groups is 3. The fourth-order valence-corrected chi connectivity index (χ4v) is 5.88. The molecule has 4 aromatic carbocycles. The van der Waals surface area contributed by atoms with E-state index >= 15 is 8.78 Å². The molecule has 1 fully saturated rings. The third-order valence-electron chi connectivity index (χ3n) is 8.50. The number of likely N-dealkylation sites (N-methyl/N-ethyl adjacent to an activating group) is 1. The maximum atomic E-state index is 15.7. The zero-order chi connectivity index (χ0) is 32.3. The summed E-state index contributed by atoms with van der Waals surface area (Å²) < 4.78 is 31.3. The van der Waals surface area contributed by atoms with Crippen LogP contribution in [0.3, 0.4) is 0 Å². The van der Waals surface area contributed by atoms with Crippen molar-refractivity contribution in [2.75, 3.05) is 50.0 Å². The van der Waals surface area contributed by atoms with Gasteiger partial charge in [0.05, 0.1) is 5.69 Å². The van der Waals surface area contributed by atoms with Crippen LogP contribution in [0.4, 0.5) is 20.2 Å². The molecule has 46 heavy (non-hydrogen) atoms. The number of rotatable bonds is 5. The molecule has 6 rings (SSSR count). The van der Waals surface area contributed by atoms with Crippen molar-refractivity contribution in [3.05, 3.63) is 126 Å². The number of anilines is 2. The van der Waals surface area contributed by atoms with Crippen LogP contribution < -0.4 is 10.2 Å². The Morgan fingerprint density at radius 1 is 0.739 bits per heavy atom. The SMILES string of the molecule is CN1CCN(C(=O)C=C2c3ccccc3N(C(=O)c3ccc(NC(=O)c4ccccc4-c4ccccc4)cc3)CCC2(F)F)CC1. The van der Waals surface area contributed by atoms with Gasteiger partial charge in [-0.25, -0.2) is 8.78 Å². The molecule has 9 heteroatoms. The molecule has 2 aliphatic heterocycles. The minimum absolute atomic E-state index is 0.154. The van der Waals surface area contributed by atoms with Crippen LogP contribution in [0.5, 0.6) is 0 Å². The van der Waals surface area contributed by atoms with Crippen molar-refractivity contribution >= 4 is 34.7 Å². The van der Waals surface area contributed by atoms with E-state index in [0.29, 0.717) is 43.1 Å². The highest BCUT2D eigenvalue weighted by Gasteiger charge is 2.41. The number of para-hydroxylation sites is 1. The molecule has 0 bridgehead atoms. The van der Waals surface area contributed by atoms with E-state index in [1.54, 1.807) is 59.5 Å². The average molecular weight is 621 g/mol. The summed E-state index contributed by atoms with van der Waals surface area (Å²) in [6.45, 7) is 2.04. The fraction of sp³-hybridized carbons (Fsp3) is 0.216. The molecular formula is C37H34F2N4O3. The molecule has 7 nitrogen and oxygen atoms in total. The van der Waals surface area contributed by atoms with Crippen molar-refractivity contribution in [1.82, 2.24) is 9.80 Å². The number of nitrogens with zero attached hydrogens (tertiary/aromatic N) is 3.